The zero-order valence-corrected chi connectivity index (χ0v) is 13.8. The van der Waals surface area contributed by atoms with Crippen LogP contribution in [0.3, 0.4) is 0 Å². The molecule has 1 atom stereocenters. The monoisotopic (exact) mass is 387 g/mol. The molecule has 18 heavy (non-hydrogen) atoms. The Balaban J connectivity index is 2.22. The second kappa shape index (κ2) is 6.18. The molecule has 1 heterocycles. The highest BCUT2D eigenvalue weighted by atomic mass is 79.9. The first kappa shape index (κ1) is 14.0. The lowest BCUT2D eigenvalue weighted by atomic mass is 10.0. The summed E-state index contributed by atoms with van der Waals surface area (Å²) in [6, 6.07) is 10.1. The van der Waals surface area contributed by atoms with Gasteiger partial charge in [0.1, 0.15) is 0 Å². The molecule has 0 fully saturated rings. The molecule has 1 nitrogen and oxygen atoms in total. The predicted octanol–water partition coefficient (Wildman–Crippen LogP) is 5.44. The lowest BCUT2D eigenvalue weighted by Gasteiger charge is -2.12. The summed E-state index contributed by atoms with van der Waals surface area (Å²) in [4.78, 5) is 4.38. The summed E-state index contributed by atoms with van der Waals surface area (Å²) in [6.07, 6.45) is 2.54. The number of rotatable bonds is 3. The smallest absolute Gasteiger partial charge is 0.0641 e. The van der Waals surface area contributed by atoms with Gasteiger partial charge in [0.15, 0.2) is 0 Å². The number of aryl methyl sites for hydroxylation is 1. The average molecular weight is 390 g/mol. The summed E-state index contributed by atoms with van der Waals surface area (Å²) in [5.41, 5.74) is 3.31. The predicted molar refractivity (Wildman–Crippen MR) is 83.1 cm³/mol. The third-order valence-corrected chi connectivity index (χ3v) is 4.06. The fourth-order valence-corrected chi connectivity index (χ4v) is 3.38. The Labute approximate surface area is 129 Å². The molecule has 2 rings (SSSR count). The molecule has 0 aliphatic carbocycles. The van der Waals surface area contributed by atoms with Crippen LogP contribution in [0, 0.1) is 6.92 Å². The van der Waals surface area contributed by atoms with Crippen molar-refractivity contribution >= 4 is 43.5 Å². The average Bonchev–Trinajstić information content (AvgIpc) is 2.31. The molecule has 0 aliphatic heterocycles. The van der Waals surface area contributed by atoms with Crippen LogP contribution in [0.5, 0.6) is 0 Å². The molecule has 1 aromatic heterocycles. The molecule has 0 saturated carbocycles. The maximum absolute atomic E-state index is 6.47. The number of pyridine rings is 1. The Hall–Kier alpha value is -0.380. The minimum Gasteiger partial charge on any atom is -0.261 e. The molecule has 1 aromatic carbocycles. The quantitative estimate of drug-likeness (QED) is 0.637. The van der Waals surface area contributed by atoms with E-state index >= 15 is 0 Å². The molecule has 0 N–H and O–H groups in total. The number of nitrogens with zero attached hydrogens (tertiary/aromatic N) is 1. The summed E-state index contributed by atoms with van der Waals surface area (Å²) in [6.45, 7) is 2.06. The van der Waals surface area contributed by atoms with E-state index in [0.717, 1.165) is 26.6 Å². The van der Waals surface area contributed by atoms with Crippen molar-refractivity contribution in [3.8, 4) is 0 Å². The fourth-order valence-electron chi connectivity index (χ4n) is 1.78. The topological polar surface area (TPSA) is 12.9 Å². The Kier molecular flexibility index (Phi) is 4.82. The molecule has 0 radical (unpaired) electrons. The van der Waals surface area contributed by atoms with Crippen molar-refractivity contribution in [2.45, 2.75) is 18.7 Å². The van der Waals surface area contributed by atoms with E-state index < -0.39 is 0 Å². The number of halogens is 3. The Bertz CT molecular complexity index is 537. The zero-order valence-electron chi connectivity index (χ0n) is 9.83. The van der Waals surface area contributed by atoms with Crippen molar-refractivity contribution in [1.29, 1.82) is 0 Å². The van der Waals surface area contributed by atoms with Gasteiger partial charge in [-0.15, -0.1) is 11.6 Å². The molecular formula is C14H12Br2ClN. The molecule has 0 saturated heterocycles. The standard InChI is InChI=1S/C14H12Br2ClN/c1-9-3-2-4-18-14(9)8-13(17)10-5-11(15)7-12(16)6-10/h2-7,13H,8H2,1H3. The molecule has 94 valence electrons. The van der Waals surface area contributed by atoms with Gasteiger partial charge in [0.05, 0.1) is 5.38 Å². The van der Waals surface area contributed by atoms with Gasteiger partial charge in [-0.25, -0.2) is 0 Å². The highest BCUT2D eigenvalue weighted by Crippen LogP contribution is 2.30. The Morgan fingerprint density at radius 3 is 2.50 bits per heavy atom. The molecule has 0 bridgehead atoms. The molecule has 1 unspecified atom stereocenters. The van der Waals surface area contributed by atoms with Crippen LogP contribution in [-0.2, 0) is 6.42 Å². The SMILES string of the molecule is Cc1cccnc1CC(Cl)c1cc(Br)cc(Br)c1. The van der Waals surface area contributed by atoms with E-state index in [1.807, 2.05) is 30.5 Å². The highest BCUT2D eigenvalue weighted by Gasteiger charge is 2.12. The van der Waals surface area contributed by atoms with Crippen LogP contribution in [0.2, 0.25) is 0 Å². The van der Waals surface area contributed by atoms with Gasteiger partial charge >= 0.3 is 0 Å². The number of benzene rings is 1. The van der Waals surface area contributed by atoms with Gasteiger partial charge in [-0.05, 0) is 42.3 Å². The second-order valence-electron chi connectivity index (χ2n) is 4.14. The molecular weight excluding hydrogens is 377 g/mol. The van der Waals surface area contributed by atoms with Crippen LogP contribution in [-0.4, -0.2) is 4.98 Å². The molecule has 0 spiro atoms. The lowest BCUT2D eigenvalue weighted by Crippen LogP contribution is -2.00. The minimum absolute atomic E-state index is 0.0765. The van der Waals surface area contributed by atoms with Gasteiger partial charge in [-0.3, -0.25) is 4.98 Å². The van der Waals surface area contributed by atoms with Gasteiger partial charge in [0, 0.05) is 27.3 Å². The first-order chi connectivity index (χ1) is 8.56. The van der Waals surface area contributed by atoms with Gasteiger partial charge in [0.25, 0.3) is 0 Å². The van der Waals surface area contributed by atoms with Crippen LogP contribution in [0.25, 0.3) is 0 Å². The van der Waals surface area contributed by atoms with Crippen LogP contribution in [0.15, 0.2) is 45.5 Å². The fraction of sp³-hybridized carbons (Fsp3) is 0.214. The van der Waals surface area contributed by atoms with E-state index in [1.54, 1.807) is 0 Å². The third-order valence-electron chi connectivity index (χ3n) is 2.74. The summed E-state index contributed by atoms with van der Waals surface area (Å²) < 4.78 is 2.05. The summed E-state index contributed by atoms with van der Waals surface area (Å²) in [5, 5.41) is -0.0765. The maximum Gasteiger partial charge on any atom is 0.0641 e. The highest BCUT2D eigenvalue weighted by molar-refractivity contribution is 9.11. The summed E-state index contributed by atoms with van der Waals surface area (Å²) >= 11 is 13.4. The van der Waals surface area contributed by atoms with Crippen molar-refractivity contribution in [3.63, 3.8) is 0 Å². The lowest BCUT2D eigenvalue weighted by molar-refractivity contribution is 0.868. The molecule has 0 amide bonds. The van der Waals surface area contributed by atoms with Crippen molar-refractivity contribution < 1.29 is 0 Å². The summed E-state index contributed by atoms with van der Waals surface area (Å²) in [5.74, 6) is 0. The van der Waals surface area contributed by atoms with Gasteiger partial charge < -0.3 is 0 Å². The number of hydrogen-bond donors (Lipinski definition) is 0. The summed E-state index contributed by atoms with van der Waals surface area (Å²) in [7, 11) is 0. The second-order valence-corrected chi connectivity index (χ2v) is 6.50. The van der Waals surface area contributed by atoms with Crippen LogP contribution in [0.1, 0.15) is 22.2 Å². The van der Waals surface area contributed by atoms with Crippen molar-refractivity contribution in [1.82, 2.24) is 4.98 Å². The number of hydrogen-bond acceptors (Lipinski definition) is 1. The van der Waals surface area contributed by atoms with E-state index in [9.17, 15) is 0 Å². The Morgan fingerprint density at radius 1 is 1.22 bits per heavy atom. The Morgan fingerprint density at radius 2 is 1.89 bits per heavy atom. The minimum atomic E-state index is -0.0765. The molecule has 0 aliphatic rings. The van der Waals surface area contributed by atoms with Gasteiger partial charge in [0.2, 0.25) is 0 Å². The first-order valence-electron chi connectivity index (χ1n) is 5.57. The van der Waals surface area contributed by atoms with Gasteiger partial charge in [-0.1, -0.05) is 37.9 Å². The van der Waals surface area contributed by atoms with Crippen LogP contribution >= 0.6 is 43.5 Å². The van der Waals surface area contributed by atoms with Crippen molar-refractivity contribution in [2.75, 3.05) is 0 Å². The maximum atomic E-state index is 6.47. The van der Waals surface area contributed by atoms with Crippen LogP contribution in [0.4, 0.5) is 0 Å². The largest absolute Gasteiger partial charge is 0.261 e. The van der Waals surface area contributed by atoms with E-state index in [4.69, 9.17) is 11.6 Å². The molecule has 4 heteroatoms. The van der Waals surface area contributed by atoms with E-state index in [0.29, 0.717) is 0 Å². The normalized spacial score (nSPS) is 12.4. The molecule has 2 aromatic rings. The van der Waals surface area contributed by atoms with Gasteiger partial charge in [-0.2, -0.15) is 0 Å². The van der Waals surface area contributed by atoms with Crippen LogP contribution < -0.4 is 0 Å². The van der Waals surface area contributed by atoms with Crippen molar-refractivity contribution in [2.24, 2.45) is 0 Å². The van der Waals surface area contributed by atoms with E-state index in [1.165, 1.54) is 5.56 Å². The first-order valence-corrected chi connectivity index (χ1v) is 7.59. The van der Waals surface area contributed by atoms with E-state index in [-0.39, 0.29) is 5.38 Å². The van der Waals surface area contributed by atoms with Crippen molar-refractivity contribution in [3.05, 3.63) is 62.3 Å². The third kappa shape index (κ3) is 3.56. The number of aromatic nitrogens is 1. The number of alkyl halides is 1. The van der Waals surface area contributed by atoms with E-state index in [2.05, 4.69) is 49.8 Å². The zero-order chi connectivity index (χ0) is 13.1.